The Morgan fingerprint density at radius 2 is 1.52 bits per heavy atom. The van der Waals surface area contributed by atoms with Crippen LogP contribution in [0.2, 0.25) is 0 Å². The van der Waals surface area contributed by atoms with E-state index in [1.807, 2.05) is 61.5 Å². The van der Waals surface area contributed by atoms with E-state index in [0.717, 1.165) is 24.0 Å². The molecule has 3 amide bonds. The molecule has 2 heterocycles. The first-order valence-electron chi connectivity index (χ1n) is 11.0. The molecule has 6 heteroatoms. The Kier molecular flexibility index (Phi) is 6.35. The topological polar surface area (TPSA) is 69.7 Å². The molecule has 2 aromatic carbocycles. The van der Waals surface area contributed by atoms with Gasteiger partial charge < -0.3 is 15.1 Å². The van der Waals surface area contributed by atoms with Gasteiger partial charge in [0.05, 0.1) is 0 Å². The second-order valence-corrected chi connectivity index (χ2v) is 8.42. The third-order valence-electron chi connectivity index (χ3n) is 6.25. The summed E-state index contributed by atoms with van der Waals surface area (Å²) in [4.78, 5) is 42.6. The quantitative estimate of drug-likeness (QED) is 0.810. The summed E-state index contributed by atoms with van der Waals surface area (Å²) in [5.74, 6) is -0.334. The van der Waals surface area contributed by atoms with E-state index < -0.39 is 12.1 Å². The number of likely N-dealkylation sites (tertiary alicyclic amines) is 2. The molecule has 0 spiro atoms. The van der Waals surface area contributed by atoms with Gasteiger partial charge in [0.1, 0.15) is 12.1 Å². The van der Waals surface area contributed by atoms with Crippen molar-refractivity contribution in [3.05, 3.63) is 71.3 Å². The predicted octanol–water partition coefficient (Wildman–Crippen LogP) is 2.91. The van der Waals surface area contributed by atoms with Crippen molar-refractivity contribution >= 4 is 17.7 Å². The molecule has 0 unspecified atom stereocenters. The van der Waals surface area contributed by atoms with Gasteiger partial charge in [-0.3, -0.25) is 14.4 Å². The first-order chi connectivity index (χ1) is 15.0. The molecule has 2 fully saturated rings. The first-order valence-corrected chi connectivity index (χ1v) is 11.0. The zero-order valence-corrected chi connectivity index (χ0v) is 17.9. The molecule has 0 aromatic heterocycles. The second kappa shape index (κ2) is 9.33. The van der Waals surface area contributed by atoms with E-state index in [4.69, 9.17) is 0 Å². The van der Waals surface area contributed by atoms with Gasteiger partial charge in [0.2, 0.25) is 11.8 Å². The molecule has 1 N–H and O–H groups in total. The number of hydrogen-bond donors (Lipinski definition) is 1. The molecule has 0 saturated carbocycles. The SMILES string of the molecule is Cc1ccc(C(=O)N2CCC[C@@H]2C(=O)N2CCC[C@@H]2C(=O)NCc2ccccc2)cc1. The van der Waals surface area contributed by atoms with Gasteiger partial charge in [0.15, 0.2) is 0 Å². The standard InChI is InChI=1S/C25H29N3O3/c1-18-11-13-20(14-12-18)24(30)28-16-6-10-22(28)25(31)27-15-5-9-21(27)23(29)26-17-19-7-3-2-4-8-19/h2-4,7-8,11-14,21-22H,5-6,9-10,15-17H2,1H3,(H,26,29)/t21-,22-/m1/s1. The minimum absolute atomic E-state index is 0.102. The smallest absolute Gasteiger partial charge is 0.254 e. The van der Waals surface area contributed by atoms with Crippen molar-refractivity contribution in [2.45, 2.75) is 51.2 Å². The fraction of sp³-hybridized carbons (Fsp3) is 0.400. The lowest BCUT2D eigenvalue weighted by Gasteiger charge is -2.31. The Hall–Kier alpha value is -3.15. The maximum Gasteiger partial charge on any atom is 0.254 e. The number of nitrogens with one attached hydrogen (secondary N) is 1. The molecule has 0 bridgehead atoms. The lowest BCUT2D eigenvalue weighted by molar-refractivity contribution is -0.141. The number of benzene rings is 2. The molecule has 2 atom stereocenters. The molecule has 2 saturated heterocycles. The summed E-state index contributed by atoms with van der Waals surface area (Å²) < 4.78 is 0. The van der Waals surface area contributed by atoms with Crippen LogP contribution in [0, 0.1) is 6.92 Å². The average molecular weight is 420 g/mol. The number of nitrogens with zero attached hydrogens (tertiary/aromatic N) is 2. The summed E-state index contributed by atoms with van der Waals surface area (Å²) in [6, 6.07) is 16.2. The van der Waals surface area contributed by atoms with Crippen LogP contribution in [0.15, 0.2) is 54.6 Å². The average Bonchev–Trinajstić information content (AvgIpc) is 3.48. The van der Waals surface area contributed by atoms with Crippen LogP contribution in [0.5, 0.6) is 0 Å². The Labute approximate surface area is 183 Å². The molecule has 4 rings (SSSR count). The number of amides is 3. The van der Waals surface area contributed by atoms with E-state index in [2.05, 4.69) is 5.32 Å². The highest BCUT2D eigenvalue weighted by Crippen LogP contribution is 2.26. The van der Waals surface area contributed by atoms with Crippen molar-refractivity contribution in [2.75, 3.05) is 13.1 Å². The highest BCUT2D eigenvalue weighted by Gasteiger charge is 2.42. The lowest BCUT2D eigenvalue weighted by atomic mass is 10.1. The van der Waals surface area contributed by atoms with E-state index >= 15 is 0 Å². The molecular formula is C25H29N3O3. The molecular weight excluding hydrogens is 390 g/mol. The molecule has 0 aliphatic carbocycles. The number of rotatable bonds is 5. The molecule has 31 heavy (non-hydrogen) atoms. The highest BCUT2D eigenvalue weighted by atomic mass is 16.2. The van der Waals surface area contributed by atoms with Gasteiger partial charge in [-0.05, 0) is 50.3 Å². The summed E-state index contributed by atoms with van der Waals surface area (Å²) in [7, 11) is 0. The lowest BCUT2D eigenvalue weighted by Crippen LogP contribution is -2.52. The minimum atomic E-state index is -0.490. The molecule has 0 radical (unpaired) electrons. The van der Waals surface area contributed by atoms with Crippen molar-refractivity contribution in [2.24, 2.45) is 0 Å². The normalized spacial score (nSPS) is 20.7. The molecule has 2 aromatic rings. The van der Waals surface area contributed by atoms with Crippen molar-refractivity contribution in [1.29, 1.82) is 0 Å². The van der Waals surface area contributed by atoms with E-state index in [0.29, 0.717) is 38.0 Å². The summed E-state index contributed by atoms with van der Waals surface area (Å²) in [5, 5.41) is 2.97. The van der Waals surface area contributed by atoms with Crippen molar-refractivity contribution in [1.82, 2.24) is 15.1 Å². The van der Waals surface area contributed by atoms with Gasteiger partial charge in [0, 0.05) is 25.2 Å². The summed E-state index contributed by atoms with van der Waals surface area (Å²) in [6.45, 7) is 3.56. The Balaban J connectivity index is 1.42. The Morgan fingerprint density at radius 1 is 0.871 bits per heavy atom. The van der Waals surface area contributed by atoms with E-state index in [1.54, 1.807) is 9.80 Å². The maximum absolute atomic E-state index is 13.4. The zero-order chi connectivity index (χ0) is 21.8. The van der Waals surface area contributed by atoms with Crippen LogP contribution in [0.25, 0.3) is 0 Å². The second-order valence-electron chi connectivity index (χ2n) is 8.42. The van der Waals surface area contributed by atoms with Gasteiger partial charge in [-0.25, -0.2) is 0 Å². The Bertz CT molecular complexity index is 942. The summed E-state index contributed by atoms with van der Waals surface area (Å²) in [5.41, 5.74) is 2.72. The van der Waals surface area contributed by atoms with Crippen LogP contribution in [-0.2, 0) is 16.1 Å². The van der Waals surface area contributed by atoms with Gasteiger partial charge in [-0.15, -0.1) is 0 Å². The number of carbonyl (C=O) groups is 3. The van der Waals surface area contributed by atoms with Crippen LogP contribution in [0.3, 0.4) is 0 Å². The van der Waals surface area contributed by atoms with Crippen molar-refractivity contribution in [3.8, 4) is 0 Å². The monoisotopic (exact) mass is 419 g/mol. The minimum Gasteiger partial charge on any atom is -0.350 e. The van der Waals surface area contributed by atoms with Gasteiger partial charge >= 0.3 is 0 Å². The van der Waals surface area contributed by atoms with Crippen LogP contribution in [0.4, 0.5) is 0 Å². The molecule has 2 aliphatic heterocycles. The summed E-state index contributed by atoms with van der Waals surface area (Å²) >= 11 is 0. The van der Waals surface area contributed by atoms with Gasteiger partial charge in [-0.2, -0.15) is 0 Å². The number of carbonyl (C=O) groups excluding carboxylic acids is 3. The predicted molar refractivity (Wildman–Crippen MR) is 118 cm³/mol. The van der Waals surface area contributed by atoms with Crippen LogP contribution in [0.1, 0.15) is 47.2 Å². The van der Waals surface area contributed by atoms with Gasteiger partial charge in [-0.1, -0.05) is 48.0 Å². The first kappa shape index (κ1) is 21.1. The Morgan fingerprint density at radius 3 is 2.23 bits per heavy atom. The molecule has 6 nitrogen and oxygen atoms in total. The molecule has 162 valence electrons. The highest BCUT2D eigenvalue weighted by molar-refractivity contribution is 5.99. The van der Waals surface area contributed by atoms with Crippen LogP contribution < -0.4 is 5.32 Å². The third kappa shape index (κ3) is 4.63. The fourth-order valence-electron chi connectivity index (χ4n) is 4.53. The van der Waals surface area contributed by atoms with Crippen LogP contribution in [-0.4, -0.2) is 52.7 Å². The van der Waals surface area contributed by atoms with Crippen molar-refractivity contribution in [3.63, 3.8) is 0 Å². The fourth-order valence-corrected chi connectivity index (χ4v) is 4.53. The van der Waals surface area contributed by atoms with E-state index in [1.165, 1.54) is 0 Å². The van der Waals surface area contributed by atoms with Gasteiger partial charge in [0.25, 0.3) is 5.91 Å². The largest absolute Gasteiger partial charge is 0.350 e. The maximum atomic E-state index is 13.4. The van der Waals surface area contributed by atoms with E-state index in [-0.39, 0.29) is 17.7 Å². The number of aryl methyl sites for hydroxylation is 1. The number of hydrogen-bond acceptors (Lipinski definition) is 3. The van der Waals surface area contributed by atoms with Crippen molar-refractivity contribution < 1.29 is 14.4 Å². The summed E-state index contributed by atoms with van der Waals surface area (Å²) in [6.07, 6.45) is 2.90. The zero-order valence-electron chi connectivity index (χ0n) is 17.9. The van der Waals surface area contributed by atoms with E-state index in [9.17, 15) is 14.4 Å². The molecule has 2 aliphatic rings. The third-order valence-corrected chi connectivity index (χ3v) is 6.25. The van der Waals surface area contributed by atoms with Crippen LogP contribution >= 0.6 is 0 Å².